The summed E-state index contributed by atoms with van der Waals surface area (Å²) in [4.78, 5) is 23.2. The van der Waals surface area contributed by atoms with E-state index in [0.717, 1.165) is 0 Å². The van der Waals surface area contributed by atoms with Crippen LogP contribution < -0.4 is 10.1 Å². The van der Waals surface area contributed by atoms with Crippen LogP contribution in [0.15, 0.2) is 48.5 Å². The molecule has 0 radical (unpaired) electrons. The lowest BCUT2D eigenvalue weighted by atomic mass is 10.1. The van der Waals surface area contributed by atoms with E-state index in [1.807, 2.05) is 0 Å². The predicted octanol–water partition coefficient (Wildman–Crippen LogP) is 2.76. The molecule has 2 rings (SSSR count). The van der Waals surface area contributed by atoms with Gasteiger partial charge < -0.3 is 14.8 Å². The normalized spacial score (nSPS) is 10.2. The first kappa shape index (κ1) is 18.7. The van der Waals surface area contributed by atoms with Gasteiger partial charge in [0.1, 0.15) is 18.2 Å². The fourth-order valence-electron chi connectivity index (χ4n) is 1.95. The Morgan fingerprint density at radius 2 is 1.88 bits per heavy atom. The Bertz CT molecular complexity index is 721. The van der Waals surface area contributed by atoms with E-state index < -0.39 is 24.3 Å². The second-order valence-corrected chi connectivity index (χ2v) is 5.56. The van der Waals surface area contributed by atoms with Crippen LogP contribution in [0.25, 0.3) is 0 Å². The number of benzene rings is 2. The average molecular weight is 366 g/mol. The third-order valence-corrected chi connectivity index (χ3v) is 3.36. The van der Waals surface area contributed by atoms with Gasteiger partial charge in [-0.05, 0) is 42.0 Å². The van der Waals surface area contributed by atoms with Crippen molar-refractivity contribution in [3.8, 4) is 5.75 Å². The third kappa shape index (κ3) is 7.22. The number of hydrogen-bond donors (Lipinski definition) is 1. The van der Waals surface area contributed by atoms with Gasteiger partial charge in [0.2, 0.25) is 0 Å². The number of esters is 1. The van der Waals surface area contributed by atoms with Crippen molar-refractivity contribution < 1.29 is 23.5 Å². The van der Waals surface area contributed by atoms with Gasteiger partial charge in [0.25, 0.3) is 5.91 Å². The number of hydrogen-bond acceptors (Lipinski definition) is 4. The molecule has 0 aliphatic rings. The highest BCUT2D eigenvalue weighted by molar-refractivity contribution is 6.30. The maximum absolute atomic E-state index is 13.0. The van der Waals surface area contributed by atoms with Gasteiger partial charge in [-0.1, -0.05) is 23.7 Å². The molecule has 0 spiro atoms. The molecule has 0 bridgehead atoms. The van der Waals surface area contributed by atoms with Gasteiger partial charge in [0.15, 0.2) is 6.61 Å². The van der Waals surface area contributed by atoms with E-state index >= 15 is 0 Å². The SMILES string of the molecule is O=C(COC(=O)Cc1cccc(F)c1)NCCOc1ccc(Cl)cc1. The van der Waals surface area contributed by atoms with Crippen molar-refractivity contribution in [2.24, 2.45) is 0 Å². The Balaban J connectivity index is 1.60. The number of halogens is 2. The van der Waals surface area contributed by atoms with Crippen molar-refractivity contribution in [3.63, 3.8) is 0 Å². The zero-order valence-electron chi connectivity index (χ0n) is 13.3. The van der Waals surface area contributed by atoms with Crippen LogP contribution in [0, 0.1) is 5.82 Å². The maximum atomic E-state index is 13.0. The number of carbonyl (C=O) groups is 2. The molecular weight excluding hydrogens is 349 g/mol. The molecule has 0 saturated carbocycles. The number of rotatable bonds is 8. The zero-order chi connectivity index (χ0) is 18.1. The van der Waals surface area contributed by atoms with Gasteiger partial charge in [0.05, 0.1) is 13.0 Å². The Kier molecular flexibility index (Phi) is 7.22. The Labute approximate surface area is 149 Å². The first-order valence-electron chi connectivity index (χ1n) is 7.58. The molecule has 0 saturated heterocycles. The third-order valence-electron chi connectivity index (χ3n) is 3.11. The fourth-order valence-corrected chi connectivity index (χ4v) is 2.08. The van der Waals surface area contributed by atoms with Gasteiger partial charge in [-0.2, -0.15) is 0 Å². The van der Waals surface area contributed by atoms with E-state index in [1.54, 1.807) is 30.3 Å². The summed E-state index contributed by atoms with van der Waals surface area (Å²) in [6, 6.07) is 12.5. The first-order chi connectivity index (χ1) is 12.0. The lowest BCUT2D eigenvalue weighted by Crippen LogP contribution is -2.32. The number of amides is 1. The quantitative estimate of drug-likeness (QED) is 0.577. The van der Waals surface area contributed by atoms with E-state index in [9.17, 15) is 14.0 Å². The minimum Gasteiger partial charge on any atom is -0.492 e. The van der Waals surface area contributed by atoms with Crippen molar-refractivity contribution in [1.29, 1.82) is 0 Å². The summed E-state index contributed by atoms with van der Waals surface area (Å²) in [5.74, 6) is -0.825. The topological polar surface area (TPSA) is 64.6 Å². The summed E-state index contributed by atoms with van der Waals surface area (Å²) in [5.41, 5.74) is 0.488. The van der Waals surface area contributed by atoms with Gasteiger partial charge in [-0.3, -0.25) is 9.59 Å². The summed E-state index contributed by atoms with van der Waals surface area (Å²) in [7, 11) is 0. The highest BCUT2D eigenvalue weighted by atomic mass is 35.5. The van der Waals surface area contributed by atoms with Crippen LogP contribution in [0.2, 0.25) is 5.02 Å². The minimum absolute atomic E-state index is 0.0925. The van der Waals surface area contributed by atoms with Gasteiger partial charge in [-0.25, -0.2) is 4.39 Å². The molecule has 25 heavy (non-hydrogen) atoms. The van der Waals surface area contributed by atoms with Crippen molar-refractivity contribution in [2.75, 3.05) is 19.8 Å². The predicted molar refractivity (Wildman–Crippen MR) is 91.0 cm³/mol. The summed E-state index contributed by atoms with van der Waals surface area (Å²) < 4.78 is 23.3. The molecule has 1 N–H and O–H groups in total. The largest absolute Gasteiger partial charge is 0.492 e. The molecule has 0 heterocycles. The molecule has 0 unspecified atom stereocenters. The minimum atomic E-state index is -0.599. The molecule has 0 atom stereocenters. The molecule has 5 nitrogen and oxygen atoms in total. The summed E-state index contributed by atoms with van der Waals surface area (Å²) in [5, 5.41) is 3.18. The second-order valence-electron chi connectivity index (χ2n) is 5.12. The molecule has 0 fully saturated rings. The van der Waals surface area contributed by atoms with Crippen LogP contribution in [0.3, 0.4) is 0 Å². The van der Waals surface area contributed by atoms with Crippen molar-refractivity contribution in [3.05, 3.63) is 64.9 Å². The Hall–Kier alpha value is -2.60. The summed E-state index contributed by atoms with van der Waals surface area (Å²) in [6.07, 6.45) is -0.0925. The standard InChI is InChI=1S/C18H17ClFNO4/c19-14-4-6-16(7-5-14)24-9-8-21-17(22)12-25-18(23)11-13-2-1-3-15(20)10-13/h1-7,10H,8-9,11-12H2,(H,21,22). The molecular formula is C18H17ClFNO4. The van der Waals surface area contributed by atoms with Crippen molar-refractivity contribution in [1.82, 2.24) is 5.32 Å². The van der Waals surface area contributed by atoms with Gasteiger partial charge in [-0.15, -0.1) is 0 Å². The molecule has 2 aromatic rings. The monoisotopic (exact) mass is 365 g/mol. The Morgan fingerprint density at radius 1 is 1.12 bits per heavy atom. The van der Waals surface area contributed by atoms with E-state index in [-0.39, 0.29) is 19.6 Å². The summed E-state index contributed by atoms with van der Waals surface area (Å²) in [6.45, 7) is 0.141. The molecule has 2 aromatic carbocycles. The first-order valence-corrected chi connectivity index (χ1v) is 7.96. The van der Waals surface area contributed by atoms with E-state index in [2.05, 4.69) is 5.32 Å². The molecule has 1 amide bonds. The molecule has 7 heteroatoms. The van der Waals surface area contributed by atoms with Crippen LogP contribution >= 0.6 is 11.6 Å². The lowest BCUT2D eigenvalue weighted by molar-refractivity contribution is -0.147. The van der Waals surface area contributed by atoms with Crippen LogP contribution in [0.1, 0.15) is 5.56 Å². The number of carbonyl (C=O) groups excluding carboxylic acids is 2. The van der Waals surface area contributed by atoms with Crippen LogP contribution in [-0.4, -0.2) is 31.6 Å². The molecule has 0 aliphatic heterocycles. The van der Waals surface area contributed by atoms with Crippen LogP contribution in [-0.2, 0) is 20.7 Å². The molecule has 0 aliphatic carbocycles. The number of nitrogens with one attached hydrogen (secondary N) is 1. The molecule has 0 aromatic heterocycles. The highest BCUT2D eigenvalue weighted by Crippen LogP contribution is 2.15. The molecule has 132 valence electrons. The zero-order valence-corrected chi connectivity index (χ0v) is 14.1. The summed E-state index contributed by atoms with van der Waals surface area (Å²) >= 11 is 5.76. The number of ether oxygens (including phenoxy) is 2. The smallest absolute Gasteiger partial charge is 0.310 e. The average Bonchev–Trinajstić information content (AvgIpc) is 2.58. The Morgan fingerprint density at radius 3 is 2.60 bits per heavy atom. The second kappa shape index (κ2) is 9.64. The van der Waals surface area contributed by atoms with Crippen molar-refractivity contribution in [2.45, 2.75) is 6.42 Å². The van der Waals surface area contributed by atoms with Crippen molar-refractivity contribution >= 4 is 23.5 Å². The van der Waals surface area contributed by atoms with Crippen LogP contribution in [0.4, 0.5) is 4.39 Å². The lowest BCUT2D eigenvalue weighted by Gasteiger charge is -2.08. The van der Waals surface area contributed by atoms with E-state index in [0.29, 0.717) is 16.3 Å². The van der Waals surface area contributed by atoms with Gasteiger partial charge >= 0.3 is 5.97 Å². The maximum Gasteiger partial charge on any atom is 0.310 e. The van der Waals surface area contributed by atoms with Crippen LogP contribution in [0.5, 0.6) is 5.75 Å². The highest BCUT2D eigenvalue weighted by Gasteiger charge is 2.09. The van der Waals surface area contributed by atoms with E-state index in [1.165, 1.54) is 18.2 Å². The fraction of sp³-hybridized carbons (Fsp3) is 0.222. The van der Waals surface area contributed by atoms with Gasteiger partial charge in [0, 0.05) is 5.02 Å². The van der Waals surface area contributed by atoms with E-state index in [4.69, 9.17) is 21.1 Å².